The SMILES string of the molecule is SCc1c(Br)ccc2ccccc12. The van der Waals surface area contributed by atoms with Crippen LogP contribution in [0.5, 0.6) is 0 Å². The van der Waals surface area contributed by atoms with Crippen LogP contribution in [-0.4, -0.2) is 0 Å². The minimum absolute atomic E-state index is 0.766. The Morgan fingerprint density at radius 2 is 1.85 bits per heavy atom. The van der Waals surface area contributed by atoms with Gasteiger partial charge in [-0.1, -0.05) is 46.3 Å². The van der Waals surface area contributed by atoms with Crippen molar-refractivity contribution >= 4 is 39.3 Å². The van der Waals surface area contributed by atoms with E-state index in [2.05, 4.69) is 65.0 Å². The summed E-state index contributed by atoms with van der Waals surface area (Å²) in [5, 5.41) is 2.56. The first-order chi connectivity index (χ1) is 6.33. The van der Waals surface area contributed by atoms with E-state index >= 15 is 0 Å². The largest absolute Gasteiger partial charge is 0.174 e. The summed E-state index contributed by atoms with van der Waals surface area (Å²) in [7, 11) is 0. The van der Waals surface area contributed by atoms with Crippen molar-refractivity contribution in [3.8, 4) is 0 Å². The maximum atomic E-state index is 4.33. The molecule has 0 aliphatic carbocycles. The molecule has 0 saturated heterocycles. The van der Waals surface area contributed by atoms with Gasteiger partial charge in [0.2, 0.25) is 0 Å². The molecule has 0 nitrogen and oxygen atoms in total. The number of rotatable bonds is 1. The predicted octanol–water partition coefficient (Wildman–Crippen LogP) is 4.03. The molecule has 13 heavy (non-hydrogen) atoms. The van der Waals surface area contributed by atoms with Gasteiger partial charge < -0.3 is 0 Å². The van der Waals surface area contributed by atoms with Crippen LogP contribution in [0, 0.1) is 0 Å². The fourth-order valence-electron chi connectivity index (χ4n) is 1.47. The smallest absolute Gasteiger partial charge is 0.0222 e. The van der Waals surface area contributed by atoms with E-state index in [-0.39, 0.29) is 0 Å². The van der Waals surface area contributed by atoms with Crippen LogP contribution in [0.1, 0.15) is 5.56 Å². The highest BCUT2D eigenvalue weighted by molar-refractivity contribution is 9.10. The van der Waals surface area contributed by atoms with Crippen LogP contribution < -0.4 is 0 Å². The molecular weight excluding hydrogens is 244 g/mol. The third-order valence-electron chi connectivity index (χ3n) is 2.14. The lowest BCUT2D eigenvalue weighted by Gasteiger charge is -2.05. The standard InChI is InChI=1S/C11H9BrS/c12-11-6-5-8-3-1-2-4-9(8)10(11)7-13/h1-6,13H,7H2. The second kappa shape index (κ2) is 3.72. The number of halogens is 1. The van der Waals surface area contributed by atoms with E-state index < -0.39 is 0 Å². The topological polar surface area (TPSA) is 0 Å². The summed E-state index contributed by atoms with van der Waals surface area (Å²) in [5.74, 6) is 0.766. The monoisotopic (exact) mass is 252 g/mol. The van der Waals surface area contributed by atoms with Crippen molar-refractivity contribution in [3.63, 3.8) is 0 Å². The summed E-state index contributed by atoms with van der Waals surface area (Å²) in [6.45, 7) is 0. The quantitative estimate of drug-likeness (QED) is 0.729. The first-order valence-electron chi connectivity index (χ1n) is 4.10. The van der Waals surface area contributed by atoms with Gasteiger partial charge in [-0.25, -0.2) is 0 Å². The minimum atomic E-state index is 0.766. The van der Waals surface area contributed by atoms with Crippen molar-refractivity contribution in [1.29, 1.82) is 0 Å². The molecule has 0 spiro atoms. The van der Waals surface area contributed by atoms with Crippen LogP contribution in [0.3, 0.4) is 0 Å². The van der Waals surface area contributed by atoms with Crippen LogP contribution in [0.25, 0.3) is 10.8 Å². The molecule has 2 aromatic rings. The predicted molar refractivity (Wildman–Crippen MR) is 64.3 cm³/mol. The summed E-state index contributed by atoms with van der Waals surface area (Å²) < 4.78 is 1.14. The number of hydrogen-bond acceptors (Lipinski definition) is 1. The van der Waals surface area contributed by atoms with Crippen molar-refractivity contribution < 1.29 is 0 Å². The van der Waals surface area contributed by atoms with Crippen molar-refractivity contribution in [2.24, 2.45) is 0 Å². The molecule has 0 N–H and O–H groups in total. The molecule has 0 fully saturated rings. The molecule has 0 radical (unpaired) electrons. The fourth-order valence-corrected chi connectivity index (χ4v) is 2.51. The van der Waals surface area contributed by atoms with Crippen LogP contribution in [-0.2, 0) is 5.75 Å². The summed E-state index contributed by atoms with van der Waals surface area (Å²) in [4.78, 5) is 0. The normalized spacial score (nSPS) is 10.6. The van der Waals surface area contributed by atoms with E-state index in [4.69, 9.17) is 0 Å². The average molecular weight is 253 g/mol. The lowest BCUT2D eigenvalue weighted by atomic mass is 10.1. The van der Waals surface area contributed by atoms with Crippen LogP contribution in [0.2, 0.25) is 0 Å². The Morgan fingerprint density at radius 3 is 2.62 bits per heavy atom. The van der Waals surface area contributed by atoms with Crippen LogP contribution in [0.15, 0.2) is 40.9 Å². The first-order valence-corrected chi connectivity index (χ1v) is 5.52. The lowest BCUT2D eigenvalue weighted by molar-refractivity contribution is 1.44. The zero-order chi connectivity index (χ0) is 9.26. The third kappa shape index (κ3) is 1.61. The second-order valence-corrected chi connectivity index (χ2v) is 4.08. The summed E-state index contributed by atoms with van der Waals surface area (Å²) in [6, 6.07) is 12.6. The molecule has 0 unspecified atom stereocenters. The van der Waals surface area contributed by atoms with Crippen LogP contribution >= 0.6 is 28.6 Å². The Kier molecular flexibility index (Phi) is 2.61. The molecule has 2 rings (SSSR count). The molecular formula is C11H9BrS. The molecule has 0 aliphatic heterocycles. The van der Waals surface area contributed by atoms with Crippen molar-refractivity contribution in [3.05, 3.63) is 46.4 Å². The Labute approximate surface area is 91.5 Å². The zero-order valence-corrected chi connectivity index (χ0v) is 9.48. The van der Waals surface area contributed by atoms with Gasteiger partial charge in [0.25, 0.3) is 0 Å². The highest BCUT2D eigenvalue weighted by Crippen LogP contribution is 2.27. The summed E-state index contributed by atoms with van der Waals surface area (Å²) in [5.41, 5.74) is 1.27. The maximum absolute atomic E-state index is 4.33. The van der Waals surface area contributed by atoms with Gasteiger partial charge in [-0.05, 0) is 22.4 Å². The van der Waals surface area contributed by atoms with Gasteiger partial charge >= 0.3 is 0 Å². The second-order valence-electron chi connectivity index (χ2n) is 2.91. The summed E-state index contributed by atoms with van der Waals surface area (Å²) in [6.07, 6.45) is 0. The van der Waals surface area contributed by atoms with Gasteiger partial charge in [-0.3, -0.25) is 0 Å². The van der Waals surface area contributed by atoms with Gasteiger partial charge in [0, 0.05) is 10.2 Å². The zero-order valence-electron chi connectivity index (χ0n) is 7.00. The molecule has 0 amide bonds. The highest BCUT2D eigenvalue weighted by atomic mass is 79.9. The van der Waals surface area contributed by atoms with E-state index in [0.29, 0.717) is 0 Å². The molecule has 0 aliphatic rings. The molecule has 0 bridgehead atoms. The van der Waals surface area contributed by atoms with Gasteiger partial charge in [-0.2, -0.15) is 12.6 Å². The average Bonchev–Trinajstić information content (AvgIpc) is 2.18. The van der Waals surface area contributed by atoms with E-state index in [0.717, 1.165) is 10.2 Å². The molecule has 66 valence electrons. The van der Waals surface area contributed by atoms with Gasteiger partial charge in [0.15, 0.2) is 0 Å². The molecule has 0 aromatic heterocycles. The molecule has 0 saturated carbocycles. The number of hydrogen-bond donors (Lipinski definition) is 1. The summed E-state index contributed by atoms with van der Waals surface area (Å²) >= 11 is 7.85. The Morgan fingerprint density at radius 1 is 1.08 bits per heavy atom. The number of benzene rings is 2. The first kappa shape index (κ1) is 9.10. The Balaban J connectivity index is 2.84. The van der Waals surface area contributed by atoms with Gasteiger partial charge in [-0.15, -0.1) is 0 Å². The van der Waals surface area contributed by atoms with Crippen LogP contribution in [0.4, 0.5) is 0 Å². The fraction of sp³-hybridized carbons (Fsp3) is 0.0909. The minimum Gasteiger partial charge on any atom is -0.174 e. The van der Waals surface area contributed by atoms with E-state index in [9.17, 15) is 0 Å². The van der Waals surface area contributed by atoms with E-state index in [1.165, 1.54) is 16.3 Å². The highest BCUT2D eigenvalue weighted by Gasteiger charge is 2.02. The van der Waals surface area contributed by atoms with Crippen molar-refractivity contribution in [2.75, 3.05) is 0 Å². The third-order valence-corrected chi connectivity index (χ3v) is 3.20. The molecule has 2 heteroatoms. The van der Waals surface area contributed by atoms with Crippen molar-refractivity contribution in [1.82, 2.24) is 0 Å². The van der Waals surface area contributed by atoms with E-state index in [1.54, 1.807) is 0 Å². The lowest BCUT2D eigenvalue weighted by Crippen LogP contribution is -1.83. The molecule has 0 atom stereocenters. The number of thiol groups is 1. The Hall–Kier alpha value is -0.470. The molecule has 0 heterocycles. The van der Waals surface area contributed by atoms with E-state index in [1.807, 2.05) is 0 Å². The Bertz CT molecular complexity index is 437. The van der Waals surface area contributed by atoms with Gasteiger partial charge in [0.1, 0.15) is 0 Å². The van der Waals surface area contributed by atoms with Crippen molar-refractivity contribution in [2.45, 2.75) is 5.75 Å². The molecule has 2 aromatic carbocycles. The maximum Gasteiger partial charge on any atom is 0.0222 e. The number of fused-ring (bicyclic) bond motifs is 1. The van der Waals surface area contributed by atoms with Gasteiger partial charge in [0.05, 0.1) is 0 Å².